The van der Waals surface area contributed by atoms with Crippen molar-refractivity contribution in [2.75, 3.05) is 19.6 Å². The molecule has 0 unspecified atom stereocenters. The summed E-state index contributed by atoms with van der Waals surface area (Å²) in [5.74, 6) is -0.396. The van der Waals surface area contributed by atoms with Crippen LogP contribution in [0.3, 0.4) is 0 Å². The maximum absolute atomic E-state index is 12.4. The topological polar surface area (TPSA) is 72.9 Å². The lowest BCUT2D eigenvalue weighted by Gasteiger charge is -2.45. The molecule has 6 nitrogen and oxygen atoms in total. The molecule has 23 heavy (non-hydrogen) atoms. The highest BCUT2D eigenvalue weighted by Gasteiger charge is 2.44. The highest BCUT2D eigenvalue weighted by molar-refractivity contribution is 6.30. The van der Waals surface area contributed by atoms with Crippen molar-refractivity contribution in [3.05, 3.63) is 34.9 Å². The summed E-state index contributed by atoms with van der Waals surface area (Å²) in [5.41, 5.74) is 1.12. The number of rotatable bonds is 3. The van der Waals surface area contributed by atoms with Gasteiger partial charge >= 0.3 is 0 Å². The molecule has 2 amide bonds. The Morgan fingerprint density at radius 3 is 2.65 bits per heavy atom. The zero-order valence-corrected chi connectivity index (χ0v) is 13.7. The quantitative estimate of drug-likeness (QED) is 0.828. The van der Waals surface area contributed by atoms with Crippen molar-refractivity contribution in [3.63, 3.8) is 0 Å². The second kappa shape index (κ2) is 6.47. The van der Waals surface area contributed by atoms with E-state index in [1.54, 1.807) is 4.90 Å². The molecule has 0 saturated carbocycles. The van der Waals surface area contributed by atoms with Crippen LogP contribution in [0, 0.1) is 0 Å². The largest absolute Gasteiger partial charge is 0.391 e. The Morgan fingerprint density at radius 1 is 1.30 bits per heavy atom. The number of hydrogen-bond acceptors (Lipinski definition) is 4. The Hall–Kier alpha value is -1.63. The minimum atomic E-state index is -0.889. The van der Waals surface area contributed by atoms with E-state index in [2.05, 4.69) is 10.2 Å². The summed E-state index contributed by atoms with van der Waals surface area (Å²) in [6.45, 7) is 3.91. The van der Waals surface area contributed by atoms with Crippen LogP contribution < -0.4 is 5.32 Å². The van der Waals surface area contributed by atoms with Gasteiger partial charge in [0.1, 0.15) is 12.1 Å². The van der Waals surface area contributed by atoms with E-state index in [1.165, 1.54) is 6.92 Å². The normalized spacial score (nSPS) is 26.7. The number of halogens is 1. The van der Waals surface area contributed by atoms with Crippen LogP contribution in [0.25, 0.3) is 0 Å². The van der Waals surface area contributed by atoms with Crippen molar-refractivity contribution in [1.82, 2.24) is 15.1 Å². The van der Waals surface area contributed by atoms with E-state index in [0.717, 1.165) is 5.56 Å². The number of amides is 2. The van der Waals surface area contributed by atoms with Gasteiger partial charge in [0.15, 0.2) is 0 Å². The predicted octanol–water partition coefficient (Wildman–Crippen LogP) is 0.232. The van der Waals surface area contributed by atoms with Crippen LogP contribution in [-0.4, -0.2) is 64.5 Å². The molecule has 2 aliphatic rings. The fraction of sp³-hybridized carbons (Fsp3) is 0.500. The van der Waals surface area contributed by atoms with Gasteiger partial charge in [0, 0.05) is 31.2 Å². The fourth-order valence-electron chi connectivity index (χ4n) is 3.14. The number of benzene rings is 1. The van der Waals surface area contributed by atoms with E-state index in [-0.39, 0.29) is 11.8 Å². The Kier molecular flexibility index (Phi) is 4.57. The number of fused-ring (bicyclic) bond motifs is 1. The maximum atomic E-state index is 12.4. The standard InChI is InChI=1S/C16H20ClN3O3/c1-10(21)14-16(23)20-7-6-19(9-13(20)15(22)18-14)8-11-2-4-12(17)5-3-11/h2-5,10,13-14,21H,6-9H2,1H3,(H,18,22)/t10-,13-,14+/m1/s1. The van der Waals surface area contributed by atoms with Gasteiger partial charge in [0.05, 0.1) is 6.10 Å². The average molecular weight is 338 g/mol. The Labute approximate surface area is 140 Å². The summed E-state index contributed by atoms with van der Waals surface area (Å²) in [4.78, 5) is 28.4. The monoisotopic (exact) mass is 337 g/mol. The molecule has 0 bridgehead atoms. The van der Waals surface area contributed by atoms with Crippen LogP contribution >= 0.6 is 11.6 Å². The summed E-state index contributed by atoms with van der Waals surface area (Å²) in [5, 5.41) is 13.0. The first-order chi connectivity index (χ1) is 11.0. The number of aliphatic hydroxyl groups is 1. The van der Waals surface area contributed by atoms with E-state index in [1.807, 2.05) is 24.3 Å². The van der Waals surface area contributed by atoms with E-state index >= 15 is 0 Å². The van der Waals surface area contributed by atoms with E-state index in [9.17, 15) is 14.7 Å². The molecule has 7 heteroatoms. The van der Waals surface area contributed by atoms with Gasteiger partial charge in [-0.15, -0.1) is 0 Å². The summed E-state index contributed by atoms with van der Waals surface area (Å²) in [6, 6.07) is 6.29. The highest BCUT2D eigenvalue weighted by Crippen LogP contribution is 2.19. The zero-order chi connectivity index (χ0) is 16.6. The number of piperazine rings is 2. The summed E-state index contributed by atoms with van der Waals surface area (Å²) >= 11 is 5.89. The van der Waals surface area contributed by atoms with Crippen LogP contribution in [0.4, 0.5) is 0 Å². The fourth-order valence-corrected chi connectivity index (χ4v) is 3.26. The molecule has 1 aromatic carbocycles. The van der Waals surface area contributed by atoms with Gasteiger partial charge in [0.25, 0.3) is 0 Å². The molecule has 2 fully saturated rings. The smallest absolute Gasteiger partial charge is 0.248 e. The first-order valence-corrected chi connectivity index (χ1v) is 8.09. The second-order valence-electron chi connectivity index (χ2n) is 6.14. The van der Waals surface area contributed by atoms with Crippen molar-refractivity contribution in [3.8, 4) is 0 Å². The number of hydrogen-bond donors (Lipinski definition) is 2. The first-order valence-electron chi connectivity index (χ1n) is 7.71. The molecule has 2 saturated heterocycles. The Bertz CT molecular complexity index is 605. The third-order valence-electron chi connectivity index (χ3n) is 4.42. The van der Waals surface area contributed by atoms with Crippen molar-refractivity contribution in [2.45, 2.75) is 31.7 Å². The molecular weight excluding hydrogens is 318 g/mol. The lowest BCUT2D eigenvalue weighted by Crippen LogP contribution is -2.70. The van der Waals surface area contributed by atoms with E-state index in [4.69, 9.17) is 11.6 Å². The van der Waals surface area contributed by atoms with Crippen LogP contribution in [0.15, 0.2) is 24.3 Å². The molecule has 0 aromatic heterocycles. The summed E-state index contributed by atoms with van der Waals surface area (Å²) < 4.78 is 0. The molecule has 0 aliphatic carbocycles. The lowest BCUT2D eigenvalue weighted by molar-refractivity contribution is -0.156. The Balaban J connectivity index is 1.67. The van der Waals surface area contributed by atoms with Crippen molar-refractivity contribution in [1.29, 1.82) is 0 Å². The summed E-state index contributed by atoms with van der Waals surface area (Å²) in [6.07, 6.45) is -0.889. The average Bonchev–Trinajstić information content (AvgIpc) is 2.53. The van der Waals surface area contributed by atoms with Gasteiger partial charge in [-0.2, -0.15) is 0 Å². The number of carbonyl (C=O) groups is 2. The third-order valence-corrected chi connectivity index (χ3v) is 4.67. The molecule has 0 spiro atoms. The number of aliphatic hydroxyl groups excluding tert-OH is 1. The predicted molar refractivity (Wildman–Crippen MR) is 85.8 cm³/mol. The van der Waals surface area contributed by atoms with Gasteiger partial charge in [-0.1, -0.05) is 23.7 Å². The Morgan fingerprint density at radius 2 is 2.00 bits per heavy atom. The second-order valence-corrected chi connectivity index (χ2v) is 6.57. The number of carbonyl (C=O) groups excluding carboxylic acids is 2. The van der Waals surface area contributed by atoms with Gasteiger partial charge in [-0.25, -0.2) is 0 Å². The SMILES string of the molecule is C[C@@H](O)[C@@H]1NC(=O)[C@H]2CN(Cc3ccc(Cl)cc3)CCN2C1=O. The molecule has 0 radical (unpaired) electrons. The van der Waals surface area contributed by atoms with Gasteiger partial charge in [0.2, 0.25) is 11.8 Å². The van der Waals surface area contributed by atoms with Gasteiger partial charge < -0.3 is 15.3 Å². The molecule has 2 heterocycles. The summed E-state index contributed by atoms with van der Waals surface area (Å²) in [7, 11) is 0. The third kappa shape index (κ3) is 3.34. The van der Waals surface area contributed by atoms with E-state index in [0.29, 0.717) is 31.2 Å². The van der Waals surface area contributed by atoms with E-state index < -0.39 is 18.2 Å². The minimum Gasteiger partial charge on any atom is -0.391 e. The molecule has 1 aromatic rings. The number of nitrogens with one attached hydrogen (secondary N) is 1. The van der Waals surface area contributed by atoms with Crippen LogP contribution in [-0.2, 0) is 16.1 Å². The zero-order valence-electron chi connectivity index (χ0n) is 12.9. The molecular formula is C16H20ClN3O3. The maximum Gasteiger partial charge on any atom is 0.248 e. The van der Waals surface area contributed by atoms with Crippen LogP contribution in [0.2, 0.25) is 5.02 Å². The van der Waals surface area contributed by atoms with Crippen molar-refractivity contribution < 1.29 is 14.7 Å². The molecule has 3 rings (SSSR count). The minimum absolute atomic E-state index is 0.198. The van der Waals surface area contributed by atoms with Crippen LogP contribution in [0.5, 0.6) is 0 Å². The van der Waals surface area contributed by atoms with Crippen molar-refractivity contribution >= 4 is 23.4 Å². The first kappa shape index (κ1) is 16.2. The highest BCUT2D eigenvalue weighted by atomic mass is 35.5. The molecule has 2 N–H and O–H groups in total. The number of nitrogens with zero attached hydrogens (tertiary/aromatic N) is 2. The van der Waals surface area contributed by atoms with Gasteiger partial charge in [-0.05, 0) is 24.6 Å². The van der Waals surface area contributed by atoms with Crippen LogP contribution in [0.1, 0.15) is 12.5 Å². The van der Waals surface area contributed by atoms with Gasteiger partial charge in [-0.3, -0.25) is 14.5 Å². The molecule has 2 aliphatic heterocycles. The molecule has 124 valence electrons. The molecule has 3 atom stereocenters. The van der Waals surface area contributed by atoms with Crippen molar-refractivity contribution in [2.24, 2.45) is 0 Å². The lowest BCUT2D eigenvalue weighted by atomic mass is 10.0.